The predicted octanol–water partition coefficient (Wildman–Crippen LogP) is 2.48. The first-order chi connectivity index (χ1) is 9.29. The second kappa shape index (κ2) is 7.26. The number of benzene rings is 1. The van der Waals surface area contributed by atoms with Gasteiger partial charge < -0.3 is 14.4 Å². The van der Waals surface area contributed by atoms with Crippen molar-refractivity contribution in [2.75, 3.05) is 31.7 Å². The number of ether oxygens (including phenoxy) is 2. The molecule has 1 fully saturated rings. The van der Waals surface area contributed by atoms with Crippen LogP contribution in [0.3, 0.4) is 0 Å². The van der Waals surface area contributed by atoms with Crippen LogP contribution >= 0.6 is 0 Å². The molecule has 0 aliphatic carbocycles. The predicted molar refractivity (Wildman–Crippen MR) is 74.6 cm³/mol. The van der Waals surface area contributed by atoms with Gasteiger partial charge in [-0.3, -0.25) is 4.79 Å². The molecule has 104 valence electrons. The molecule has 1 aliphatic rings. The second-order valence-electron chi connectivity index (χ2n) is 4.80. The number of carbonyl (C=O) groups excluding carboxylic acids is 1. The van der Waals surface area contributed by atoms with Crippen molar-refractivity contribution in [2.45, 2.75) is 25.6 Å². The fraction of sp³-hybridized carbons (Fsp3) is 0.533. The summed E-state index contributed by atoms with van der Waals surface area (Å²) in [6.45, 7) is 2.27. The summed E-state index contributed by atoms with van der Waals surface area (Å²) in [6, 6.07) is 7.54. The topological polar surface area (TPSA) is 38.8 Å². The first-order valence-corrected chi connectivity index (χ1v) is 6.79. The summed E-state index contributed by atoms with van der Waals surface area (Å²) >= 11 is 0. The summed E-state index contributed by atoms with van der Waals surface area (Å²) in [6.07, 6.45) is 4.15. The van der Waals surface area contributed by atoms with Crippen LogP contribution in [-0.4, -0.2) is 39.4 Å². The highest BCUT2D eigenvalue weighted by atomic mass is 16.7. The number of anilines is 1. The zero-order chi connectivity index (χ0) is 13.5. The minimum Gasteiger partial charge on any atom is -0.372 e. The van der Waals surface area contributed by atoms with Crippen LogP contribution in [0.15, 0.2) is 24.3 Å². The molecule has 1 aromatic rings. The molecule has 0 bridgehead atoms. The smallest absolute Gasteiger partial charge is 0.157 e. The van der Waals surface area contributed by atoms with Crippen molar-refractivity contribution in [1.82, 2.24) is 0 Å². The van der Waals surface area contributed by atoms with Gasteiger partial charge in [-0.05, 0) is 43.5 Å². The molecule has 1 atom stereocenters. The van der Waals surface area contributed by atoms with Crippen molar-refractivity contribution in [3.05, 3.63) is 29.8 Å². The lowest BCUT2D eigenvalue weighted by Crippen LogP contribution is -2.28. The van der Waals surface area contributed by atoms with E-state index in [1.54, 1.807) is 0 Å². The fourth-order valence-electron chi connectivity index (χ4n) is 2.10. The number of hydrogen-bond acceptors (Lipinski definition) is 4. The van der Waals surface area contributed by atoms with Gasteiger partial charge in [0, 0.05) is 31.5 Å². The summed E-state index contributed by atoms with van der Waals surface area (Å²) in [5.74, 6) is 0. The largest absolute Gasteiger partial charge is 0.372 e. The molecule has 1 saturated heterocycles. The maximum atomic E-state index is 10.6. The van der Waals surface area contributed by atoms with Gasteiger partial charge in [0.25, 0.3) is 0 Å². The first-order valence-electron chi connectivity index (χ1n) is 6.79. The normalized spacial score (nSPS) is 19.1. The van der Waals surface area contributed by atoms with Crippen molar-refractivity contribution >= 4 is 12.0 Å². The van der Waals surface area contributed by atoms with Crippen LogP contribution in [0.25, 0.3) is 0 Å². The Kier molecular flexibility index (Phi) is 5.36. The average Bonchev–Trinajstić information content (AvgIpc) is 2.48. The highest BCUT2D eigenvalue weighted by molar-refractivity contribution is 5.75. The molecule has 1 aliphatic heterocycles. The zero-order valence-electron chi connectivity index (χ0n) is 11.4. The molecule has 4 nitrogen and oxygen atoms in total. The van der Waals surface area contributed by atoms with Crippen LogP contribution < -0.4 is 4.90 Å². The van der Waals surface area contributed by atoms with Gasteiger partial charge in [0.2, 0.25) is 0 Å². The Hall–Kier alpha value is -1.39. The highest BCUT2D eigenvalue weighted by Crippen LogP contribution is 2.15. The summed E-state index contributed by atoms with van der Waals surface area (Å²) in [4.78, 5) is 12.7. The van der Waals surface area contributed by atoms with E-state index in [0.717, 1.165) is 38.0 Å². The molecule has 1 heterocycles. The summed E-state index contributed by atoms with van der Waals surface area (Å²) in [7, 11) is 2.01. The molecule has 0 radical (unpaired) electrons. The van der Waals surface area contributed by atoms with E-state index in [9.17, 15) is 4.79 Å². The van der Waals surface area contributed by atoms with E-state index in [1.165, 1.54) is 6.42 Å². The lowest BCUT2D eigenvalue weighted by atomic mass is 10.2. The minimum atomic E-state index is -0.0282. The van der Waals surface area contributed by atoms with Crippen molar-refractivity contribution in [3.63, 3.8) is 0 Å². The van der Waals surface area contributed by atoms with Gasteiger partial charge in [-0.25, -0.2) is 0 Å². The van der Waals surface area contributed by atoms with Crippen molar-refractivity contribution < 1.29 is 14.3 Å². The van der Waals surface area contributed by atoms with E-state index >= 15 is 0 Å². The number of carbonyl (C=O) groups is 1. The summed E-state index contributed by atoms with van der Waals surface area (Å²) < 4.78 is 11.2. The maximum absolute atomic E-state index is 10.6. The molecule has 2 rings (SSSR count). The molecule has 4 heteroatoms. The van der Waals surface area contributed by atoms with Crippen LogP contribution in [0.5, 0.6) is 0 Å². The third-order valence-electron chi connectivity index (χ3n) is 3.34. The van der Waals surface area contributed by atoms with Crippen LogP contribution in [0, 0.1) is 0 Å². The number of rotatable bonds is 6. The monoisotopic (exact) mass is 263 g/mol. The molecule has 0 spiro atoms. The Morgan fingerprint density at radius 1 is 1.37 bits per heavy atom. The zero-order valence-corrected chi connectivity index (χ0v) is 11.4. The lowest BCUT2D eigenvalue weighted by molar-refractivity contribution is -0.160. The first kappa shape index (κ1) is 14.0. The van der Waals surface area contributed by atoms with Gasteiger partial charge in [0.1, 0.15) is 6.29 Å². The molecular weight excluding hydrogens is 242 g/mol. The van der Waals surface area contributed by atoms with Gasteiger partial charge in [0.05, 0.1) is 6.61 Å². The molecule has 0 aromatic heterocycles. The van der Waals surface area contributed by atoms with Crippen LogP contribution in [0.1, 0.15) is 29.6 Å². The Morgan fingerprint density at radius 2 is 2.16 bits per heavy atom. The number of aldehydes is 1. The lowest BCUT2D eigenvalue weighted by Gasteiger charge is -2.25. The quantitative estimate of drug-likeness (QED) is 0.739. The van der Waals surface area contributed by atoms with E-state index < -0.39 is 0 Å². The molecule has 0 N–H and O–H groups in total. The van der Waals surface area contributed by atoms with Gasteiger partial charge in [-0.2, -0.15) is 0 Å². The molecular formula is C15H21NO3. The summed E-state index contributed by atoms with van der Waals surface area (Å²) in [5.41, 5.74) is 1.78. The molecule has 1 unspecified atom stereocenters. The van der Waals surface area contributed by atoms with E-state index in [0.29, 0.717) is 12.2 Å². The Bertz CT molecular complexity index is 385. The summed E-state index contributed by atoms with van der Waals surface area (Å²) in [5, 5.41) is 0. The van der Waals surface area contributed by atoms with E-state index in [-0.39, 0.29) is 6.29 Å². The molecule has 1 aromatic carbocycles. The van der Waals surface area contributed by atoms with E-state index in [2.05, 4.69) is 4.90 Å². The maximum Gasteiger partial charge on any atom is 0.157 e. The molecule has 19 heavy (non-hydrogen) atoms. The second-order valence-corrected chi connectivity index (χ2v) is 4.80. The van der Waals surface area contributed by atoms with Crippen molar-refractivity contribution in [1.29, 1.82) is 0 Å². The highest BCUT2D eigenvalue weighted by Gasteiger charge is 2.13. The standard InChI is InChI=1S/C15H21NO3/c1-16(14-7-5-13(12-17)6-8-14)9-11-19-15-4-2-3-10-18-15/h5-8,12,15H,2-4,9-11H2,1H3. The van der Waals surface area contributed by atoms with Crippen LogP contribution in [0.2, 0.25) is 0 Å². The van der Waals surface area contributed by atoms with E-state index in [4.69, 9.17) is 9.47 Å². The number of likely N-dealkylation sites (N-methyl/N-ethyl adjacent to an activating group) is 1. The van der Waals surface area contributed by atoms with Crippen LogP contribution in [0.4, 0.5) is 5.69 Å². The SMILES string of the molecule is CN(CCOC1CCCCO1)c1ccc(C=O)cc1. The van der Waals surface area contributed by atoms with Crippen LogP contribution in [-0.2, 0) is 9.47 Å². The molecule has 0 amide bonds. The van der Waals surface area contributed by atoms with Gasteiger partial charge in [-0.1, -0.05) is 0 Å². The number of hydrogen-bond donors (Lipinski definition) is 0. The third-order valence-corrected chi connectivity index (χ3v) is 3.34. The molecule has 0 saturated carbocycles. The fourth-order valence-corrected chi connectivity index (χ4v) is 2.10. The van der Waals surface area contributed by atoms with Crippen molar-refractivity contribution in [2.24, 2.45) is 0 Å². The van der Waals surface area contributed by atoms with E-state index in [1.807, 2.05) is 31.3 Å². The van der Waals surface area contributed by atoms with Crippen molar-refractivity contribution in [3.8, 4) is 0 Å². The van der Waals surface area contributed by atoms with Gasteiger partial charge in [0.15, 0.2) is 6.29 Å². The third kappa shape index (κ3) is 4.33. The Balaban J connectivity index is 1.73. The Morgan fingerprint density at radius 3 is 2.79 bits per heavy atom. The van der Waals surface area contributed by atoms with Gasteiger partial charge in [-0.15, -0.1) is 0 Å². The Labute approximate surface area is 114 Å². The number of nitrogens with zero attached hydrogens (tertiary/aromatic N) is 1. The van der Waals surface area contributed by atoms with Gasteiger partial charge >= 0.3 is 0 Å². The average molecular weight is 263 g/mol. The minimum absolute atomic E-state index is 0.0282.